The molecule has 0 aliphatic heterocycles. The average Bonchev–Trinajstić information content (AvgIpc) is 3.23. The maximum Gasteiger partial charge on any atom is 0.177 e. The first-order chi connectivity index (χ1) is 15.5. The Morgan fingerprint density at radius 2 is 1.97 bits per heavy atom. The highest BCUT2D eigenvalue weighted by Crippen LogP contribution is 2.34. The smallest absolute Gasteiger partial charge is 0.177 e. The van der Waals surface area contributed by atoms with E-state index in [0.29, 0.717) is 33.9 Å². The fourth-order valence-corrected chi connectivity index (χ4v) is 4.42. The number of halogens is 2. The minimum Gasteiger partial charge on any atom is -0.411 e. The van der Waals surface area contributed by atoms with E-state index < -0.39 is 11.6 Å². The highest BCUT2D eigenvalue weighted by Gasteiger charge is 2.21. The number of benzene rings is 1. The molecular weight excluding hydrogens is 414 g/mol. The first-order valence-corrected chi connectivity index (χ1v) is 10.7. The van der Waals surface area contributed by atoms with Crippen molar-refractivity contribution in [3.63, 3.8) is 0 Å². The van der Waals surface area contributed by atoms with Gasteiger partial charge in [0.1, 0.15) is 23.0 Å². The highest BCUT2D eigenvalue weighted by atomic mass is 19.1. The van der Waals surface area contributed by atoms with E-state index in [1.54, 1.807) is 25.3 Å². The van der Waals surface area contributed by atoms with Crippen LogP contribution in [0.4, 0.5) is 8.78 Å². The van der Waals surface area contributed by atoms with E-state index in [1.807, 2.05) is 6.07 Å². The van der Waals surface area contributed by atoms with E-state index in [4.69, 9.17) is 5.21 Å². The molecule has 1 fully saturated rings. The first-order valence-electron chi connectivity index (χ1n) is 10.7. The Bertz CT molecular complexity index is 1340. The summed E-state index contributed by atoms with van der Waals surface area (Å²) in [7, 11) is 0. The second-order valence-corrected chi connectivity index (χ2v) is 8.29. The SMILES string of the molecule is CC(=NO)c1ccc2nnc(Cc3c(F)cc4ncc(C5CCCCC5)cc4c3F)n2n1. The molecule has 0 spiro atoms. The summed E-state index contributed by atoms with van der Waals surface area (Å²) in [6, 6.07) is 6.37. The zero-order valence-electron chi connectivity index (χ0n) is 17.6. The van der Waals surface area contributed by atoms with Crippen LogP contribution < -0.4 is 0 Å². The minimum atomic E-state index is -0.686. The maximum absolute atomic E-state index is 15.5. The van der Waals surface area contributed by atoms with Gasteiger partial charge in [-0.3, -0.25) is 4.98 Å². The van der Waals surface area contributed by atoms with E-state index in [9.17, 15) is 4.39 Å². The molecule has 0 amide bonds. The summed E-state index contributed by atoms with van der Waals surface area (Å²) in [5.74, 6) is -0.672. The van der Waals surface area contributed by atoms with Crippen molar-refractivity contribution in [3.8, 4) is 0 Å². The molecule has 164 valence electrons. The average molecular weight is 436 g/mol. The monoisotopic (exact) mass is 436 g/mol. The van der Waals surface area contributed by atoms with Gasteiger partial charge in [-0.2, -0.15) is 9.61 Å². The topological polar surface area (TPSA) is 88.6 Å². The lowest BCUT2D eigenvalue weighted by atomic mass is 9.84. The van der Waals surface area contributed by atoms with Crippen LogP contribution in [-0.2, 0) is 6.42 Å². The minimum absolute atomic E-state index is 0.103. The fraction of sp³-hybridized carbons (Fsp3) is 0.348. The van der Waals surface area contributed by atoms with E-state index in [0.717, 1.165) is 31.2 Å². The summed E-state index contributed by atoms with van der Waals surface area (Å²) in [6.45, 7) is 1.60. The van der Waals surface area contributed by atoms with Crippen LogP contribution in [0, 0.1) is 11.6 Å². The summed E-state index contributed by atoms with van der Waals surface area (Å²) in [5.41, 5.74) is 2.33. The van der Waals surface area contributed by atoms with E-state index in [2.05, 4.69) is 25.4 Å². The Morgan fingerprint density at radius 1 is 1.16 bits per heavy atom. The molecule has 1 aliphatic carbocycles. The van der Waals surface area contributed by atoms with Gasteiger partial charge >= 0.3 is 0 Å². The van der Waals surface area contributed by atoms with Crippen LogP contribution in [0.15, 0.2) is 35.6 Å². The number of aromatic nitrogens is 5. The lowest BCUT2D eigenvalue weighted by molar-refractivity contribution is 0.319. The van der Waals surface area contributed by atoms with Crippen LogP contribution in [0.1, 0.15) is 67.6 Å². The van der Waals surface area contributed by atoms with Crippen LogP contribution in [0.2, 0.25) is 0 Å². The predicted octanol–water partition coefficient (Wildman–Crippen LogP) is 4.79. The Labute approximate surface area is 182 Å². The third-order valence-electron chi connectivity index (χ3n) is 6.25. The van der Waals surface area contributed by atoms with Gasteiger partial charge in [-0.1, -0.05) is 24.4 Å². The van der Waals surface area contributed by atoms with Gasteiger partial charge in [-0.15, -0.1) is 10.2 Å². The van der Waals surface area contributed by atoms with Gasteiger partial charge in [0.05, 0.1) is 5.52 Å². The Hall–Kier alpha value is -3.49. The van der Waals surface area contributed by atoms with Crippen molar-refractivity contribution in [2.45, 2.75) is 51.4 Å². The van der Waals surface area contributed by atoms with E-state index in [-0.39, 0.29) is 17.8 Å². The summed E-state index contributed by atoms with van der Waals surface area (Å²) in [5, 5.41) is 24.9. The molecule has 3 heterocycles. The van der Waals surface area contributed by atoms with Crippen LogP contribution in [-0.4, -0.2) is 35.7 Å². The Balaban J connectivity index is 1.56. The summed E-state index contributed by atoms with van der Waals surface area (Å²) < 4.78 is 31.8. The molecular formula is C23H22F2N6O. The molecule has 32 heavy (non-hydrogen) atoms. The molecule has 3 aromatic heterocycles. The van der Waals surface area contributed by atoms with Crippen molar-refractivity contribution < 1.29 is 14.0 Å². The highest BCUT2D eigenvalue weighted by molar-refractivity contribution is 5.96. The number of hydrogen-bond donors (Lipinski definition) is 1. The van der Waals surface area contributed by atoms with Crippen LogP contribution in [0.5, 0.6) is 0 Å². The third kappa shape index (κ3) is 3.57. The lowest BCUT2D eigenvalue weighted by Crippen LogP contribution is -2.09. The Morgan fingerprint density at radius 3 is 2.75 bits per heavy atom. The molecule has 0 atom stereocenters. The predicted molar refractivity (Wildman–Crippen MR) is 115 cm³/mol. The van der Waals surface area contributed by atoms with Gasteiger partial charge in [0.25, 0.3) is 0 Å². The van der Waals surface area contributed by atoms with Gasteiger partial charge in [0.15, 0.2) is 11.5 Å². The summed E-state index contributed by atoms with van der Waals surface area (Å²) in [6.07, 6.45) is 7.31. The molecule has 0 saturated heterocycles. The molecule has 7 nitrogen and oxygen atoms in total. The Kier molecular flexibility index (Phi) is 5.24. The normalized spacial score (nSPS) is 15.7. The van der Waals surface area contributed by atoms with Crippen LogP contribution in [0.3, 0.4) is 0 Å². The van der Waals surface area contributed by atoms with Crippen molar-refractivity contribution in [2.75, 3.05) is 0 Å². The molecule has 0 radical (unpaired) electrons. The second-order valence-electron chi connectivity index (χ2n) is 8.29. The molecule has 0 unspecified atom stereocenters. The summed E-state index contributed by atoms with van der Waals surface area (Å²) >= 11 is 0. The number of hydrogen-bond acceptors (Lipinski definition) is 6. The molecule has 1 saturated carbocycles. The van der Waals surface area contributed by atoms with Crippen molar-refractivity contribution in [1.29, 1.82) is 0 Å². The quantitative estimate of drug-likeness (QED) is 0.282. The zero-order chi connectivity index (χ0) is 22.2. The fourth-order valence-electron chi connectivity index (χ4n) is 4.42. The van der Waals surface area contributed by atoms with E-state index in [1.165, 1.54) is 17.0 Å². The molecule has 5 rings (SSSR count). The standard InChI is InChI=1S/C23H22F2N6O/c1-13(30-32)19-7-8-21-27-28-22(31(21)29-19)10-16-18(24)11-20-17(23(16)25)9-15(12-26-20)14-5-3-2-4-6-14/h7-9,11-12,14,32H,2-6,10H2,1H3. The van der Waals surface area contributed by atoms with Gasteiger partial charge in [-0.25, -0.2) is 8.78 Å². The number of oxime groups is 1. The summed E-state index contributed by atoms with van der Waals surface area (Å²) in [4.78, 5) is 4.34. The van der Waals surface area contributed by atoms with Crippen molar-refractivity contribution in [3.05, 3.63) is 64.7 Å². The molecule has 1 aromatic carbocycles. The largest absolute Gasteiger partial charge is 0.411 e. The number of fused-ring (bicyclic) bond motifs is 2. The van der Waals surface area contributed by atoms with Gasteiger partial charge in [0.2, 0.25) is 0 Å². The maximum atomic E-state index is 15.5. The van der Waals surface area contributed by atoms with Crippen LogP contribution in [0.25, 0.3) is 16.6 Å². The van der Waals surface area contributed by atoms with Crippen LogP contribution >= 0.6 is 0 Å². The first kappa shape index (κ1) is 20.4. The van der Waals surface area contributed by atoms with Crippen molar-refractivity contribution in [2.24, 2.45) is 5.16 Å². The molecule has 1 aliphatic rings. The number of rotatable bonds is 4. The van der Waals surface area contributed by atoms with Crippen molar-refractivity contribution in [1.82, 2.24) is 24.8 Å². The second kappa shape index (κ2) is 8.22. The third-order valence-corrected chi connectivity index (χ3v) is 6.25. The lowest BCUT2D eigenvalue weighted by Gasteiger charge is -2.22. The zero-order valence-corrected chi connectivity index (χ0v) is 17.6. The van der Waals surface area contributed by atoms with E-state index >= 15 is 4.39 Å². The molecule has 0 bridgehead atoms. The molecule has 4 aromatic rings. The number of nitrogens with zero attached hydrogens (tertiary/aromatic N) is 6. The van der Waals surface area contributed by atoms with Gasteiger partial charge in [0, 0.05) is 29.6 Å². The van der Waals surface area contributed by atoms with Gasteiger partial charge < -0.3 is 5.21 Å². The molecule has 9 heteroatoms. The number of pyridine rings is 1. The molecule has 1 N–H and O–H groups in total. The van der Waals surface area contributed by atoms with Gasteiger partial charge in [-0.05, 0) is 49.4 Å². The van der Waals surface area contributed by atoms with Crippen molar-refractivity contribution >= 4 is 22.3 Å².